The number of rotatable bonds is 7. The third-order valence-corrected chi connectivity index (χ3v) is 10.0. The van der Waals surface area contributed by atoms with Crippen LogP contribution in [0.5, 0.6) is 0 Å². The second-order valence-electron chi connectivity index (χ2n) is 14.2. The molecule has 2 saturated heterocycles. The van der Waals surface area contributed by atoms with E-state index >= 15 is 0 Å². The minimum absolute atomic E-state index is 0.0786. The van der Waals surface area contributed by atoms with Crippen LogP contribution in [0.4, 0.5) is 14.0 Å². The Hall–Kier alpha value is -4.43. The highest BCUT2D eigenvalue weighted by molar-refractivity contribution is 6.62. The average Bonchev–Trinajstić information content (AvgIpc) is 3.84. The number of aromatic amines is 1. The maximum atomic E-state index is 14.4. The third-order valence-electron chi connectivity index (χ3n) is 10.0. The molecule has 4 heterocycles. The molecule has 0 bridgehead atoms. The van der Waals surface area contributed by atoms with Gasteiger partial charge in [0.05, 0.1) is 43.1 Å². The van der Waals surface area contributed by atoms with Gasteiger partial charge in [-0.25, -0.2) is 19.0 Å². The van der Waals surface area contributed by atoms with Crippen molar-refractivity contribution in [2.24, 2.45) is 5.92 Å². The molecular formula is C35H43BFN5O7. The van der Waals surface area contributed by atoms with Gasteiger partial charge in [0.2, 0.25) is 5.91 Å². The van der Waals surface area contributed by atoms with E-state index in [1.807, 2.05) is 65.8 Å². The Kier molecular flexibility index (Phi) is 9.22. The highest BCUT2D eigenvalue weighted by Crippen LogP contribution is 2.37. The van der Waals surface area contributed by atoms with Crippen LogP contribution in [0.1, 0.15) is 71.0 Å². The van der Waals surface area contributed by atoms with Crippen molar-refractivity contribution in [3.8, 4) is 11.3 Å². The van der Waals surface area contributed by atoms with E-state index in [4.69, 9.17) is 23.8 Å². The van der Waals surface area contributed by atoms with Crippen LogP contribution >= 0.6 is 0 Å². The van der Waals surface area contributed by atoms with Crippen LogP contribution in [0.15, 0.2) is 48.7 Å². The first-order chi connectivity index (χ1) is 23.2. The number of carbonyl (C=O) groups excluding carboxylic acids is 3. The largest absolute Gasteiger partial charge is 0.494 e. The zero-order valence-electron chi connectivity index (χ0n) is 28.9. The van der Waals surface area contributed by atoms with Gasteiger partial charge in [0.25, 0.3) is 0 Å². The molecule has 6 rings (SSSR count). The fourth-order valence-corrected chi connectivity index (χ4v) is 6.44. The molecule has 14 heteroatoms. The van der Waals surface area contributed by atoms with Crippen molar-refractivity contribution in [3.63, 3.8) is 0 Å². The number of nitrogens with zero attached hydrogens (tertiary/aromatic N) is 3. The number of carbonyl (C=O) groups is 3. The Balaban J connectivity index is 1.21. The van der Waals surface area contributed by atoms with Gasteiger partial charge in [-0.1, -0.05) is 50.2 Å². The minimum Gasteiger partial charge on any atom is -0.453 e. The van der Waals surface area contributed by atoms with E-state index in [1.54, 1.807) is 23.2 Å². The van der Waals surface area contributed by atoms with Gasteiger partial charge in [0.1, 0.15) is 23.8 Å². The van der Waals surface area contributed by atoms with Gasteiger partial charge in [0.15, 0.2) is 0 Å². The molecule has 0 radical (unpaired) electrons. The van der Waals surface area contributed by atoms with Crippen molar-refractivity contribution in [2.45, 2.75) is 90.4 Å². The number of likely N-dealkylation sites (tertiary alicyclic amines) is 1. The fourth-order valence-electron chi connectivity index (χ4n) is 6.44. The number of nitrogens with one attached hydrogen (secondary N) is 2. The van der Waals surface area contributed by atoms with Gasteiger partial charge in [-0.15, -0.1) is 0 Å². The van der Waals surface area contributed by atoms with E-state index in [0.717, 1.165) is 16.6 Å². The summed E-state index contributed by atoms with van der Waals surface area (Å²) in [5.41, 5.74) is 2.69. The van der Waals surface area contributed by atoms with Crippen LogP contribution in [0.2, 0.25) is 0 Å². The number of H-pyrrole nitrogens is 1. The summed E-state index contributed by atoms with van der Waals surface area (Å²) in [5, 5.41) is 2.65. The maximum Gasteiger partial charge on any atom is 0.494 e. The van der Waals surface area contributed by atoms with Gasteiger partial charge < -0.3 is 34.0 Å². The second-order valence-corrected chi connectivity index (χ2v) is 14.2. The lowest BCUT2D eigenvalue weighted by atomic mass is 9.79. The highest BCUT2D eigenvalue weighted by Gasteiger charge is 2.51. The molecule has 0 spiro atoms. The highest BCUT2D eigenvalue weighted by atomic mass is 19.1. The Labute approximate surface area is 285 Å². The molecule has 1 aromatic heterocycles. The Morgan fingerprint density at radius 1 is 1.06 bits per heavy atom. The molecule has 3 amide bonds. The summed E-state index contributed by atoms with van der Waals surface area (Å²) in [5.74, 6) is -0.473. The monoisotopic (exact) mass is 675 g/mol. The number of aromatic nitrogens is 2. The number of hydrogen-bond acceptors (Lipinski definition) is 8. The summed E-state index contributed by atoms with van der Waals surface area (Å²) in [4.78, 5) is 50.6. The maximum absolute atomic E-state index is 14.4. The van der Waals surface area contributed by atoms with E-state index in [0.29, 0.717) is 17.1 Å². The molecule has 3 aromatic rings. The molecular weight excluding hydrogens is 632 g/mol. The number of imidazole rings is 1. The number of ether oxygens (including phenoxy) is 2. The summed E-state index contributed by atoms with van der Waals surface area (Å²) >= 11 is 0. The zero-order chi connectivity index (χ0) is 35.2. The van der Waals surface area contributed by atoms with Crippen molar-refractivity contribution in [1.82, 2.24) is 25.1 Å². The summed E-state index contributed by atoms with van der Waals surface area (Å²) in [6.07, 6.45) is 0.0429. The number of methoxy groups -OCH3 is 1. The summed E-state index contributed by atoms with van der Waals surface area (Å²) in [7, 11) is 0.743. The summed E-state index contributed by atoms with van der Waals surface area (Å²) < 4.78 is 37.4. The number of benzene rings is 2. The van der Waals surface area contributed by atoms with Crippen LogP contribution in [0.25, 0.3) is 11.3 Å². The van der Waals surface area contributed by atoms with Gasteiger partial charge in [-0.05, 0) is 50.7 Å². The van der Waals surface area contributed by atoms with Gasteiger partial charge >= 0.3 is 19.3 Å². The lowest BCUT2D eigenvalue weighted by molar-refractivity contribution is -0.135. The normalized spacial score (nSPS) is 21.5. The van der Waals surface area contributed by atoms with Crippen molar-refractivity contribution in [2.75, 3.05) is 13.7 Å². The quantitative estimate of drug-likeness (QED) is 0.345. The molecule has 0 unspecified atom stereocenters. The van der Waals surface area contributed by atoms with Crippen molar-refractivity contribution in [3.05, 3.63) is 71.4 Å². The number of fused-ring (bicyclic) bond motifs is 1. The predicted octanol–water partition coefficient (Wildman–Crippen LogP) is 4.69. The molecule has 3 aliphatic heterocycles. The minimum atomic E-state index is -0.891. The van der Waals surface area contributed by atoms with Crippen LogP contribution in [0, 0.1) is 11.7 Å². The van der Waals surface area contributed by atoms with Crippen LogP contribution < -0.4 is 10.8 Å². The van der Waals surface area contributed by atoms with Gasteiger partial charge in [0, 0.05) is 30.3 Å². The smallest absolute Gasteiger partial charge is 0.453 e. The number of halogens is 1. The van der Waals surface area contributed by atoms with Crippen LogP contribution in [0.3, 0.4) is 0 Å². The molecule has 2 fully saturated rings. The summed E-state index contributed by atoms with van der Waals surface area (Å²) in [6.45, 7) is 12.1. The predicted molar refractivity (Wildman–Crippen MR) is 179 cm³/mol. The standard InChI is InChI=1S/C35H43BFN5O7/c1-20(2)29(40-32(44)46-7)31(43)42-18-24(47-33(45)41-17-22-9-8-10-26(37)25(22)19-41)15-28(42)30-38-16-27(39-30)21-11-13-23(14-12-21)36-48-34(3,4)35(5,6)49-36/h8-14,16,20,24,28-29H,15,17-19H2,1-7H3,(H,38,39)(H,40,44)/t24-,28+,29+/m1/s1. The van der Waals surface area contributed by atoms with Gasteiger partial charge in [-0.3, -0.25) is 9.69 Å². The molecule has 0 saturated carbocycles. The number of alkyl carbamates (subject to hydrolysis) is 1. The molecule has 2 aromatic carbocycles. The molecule has 3 aliphatic rings. The Morgan fingerprint density at radius 3 is 2.39 bits per heavy atom. The molecule has 3 atom stereocenters. The van der Waals surface area contributed by atoms with E-state index < -0.39 is 48.7 Å². The first-order valence-corrected chi connectivity index (χ1v) is 16.6. The molecule has 12 nitrogen and oxygen atoms in total. The van der Waals surface area contributed by atoms with Crippen LogP contribution in [-0.4, -0.2) is 82.0 Å². The first-order valence-electron chi connectivity index (χ1n) is 16.6. The van der Waals surface area contributed by atoms with Gasteiger partial charge in [-0.2, -0.15) is 0 Å². The van der Waals surface area contributed by atoms with Crippen LogP contribution in [-0.2, 0) is 36.7 Å². The van der Waals surface area contributed by atoms with Crippen molar-refractivity contribution in [1.29, 1.82) is 0 Å². The zero-order valence-corrected chi connectivity index (χ0v) is 28.9. The third kappa shape index (κ3) is 6.76. The Morgan fingerprint density at radius 2 is 1.76 bits per heavy atom. The SMILES string of the molecule is COC(=O)N[C@H](C(=O)N1C[C@H](OC(=O)N2Cc3cccc(F)c3C2)C[C@H]1c1nc(-c2ccc(B3OC(C)(C)C(C)(C)O3)cc2)c[nH]1)C(C)C. The van der Waals surface area contributed by atoms with Crippen molar-refractivity contribution < 1.29 is 37.6 Å². The topological polar surface area (TPSA) is 135 Å². The lowest BCUT2D eigenvalue weighted by Gasteiger charge is -2.32. The fraction of sp³-hybridized carbons (Fsp3) is 0.486. The average molecular weight is 676 g/mol. The second kappa shape index (κ2) is 13.1. The van der Waals surface area contributed by atoms with E-state index in [2.05, 4.69) is 10.3 Å². The first kappa shape index (κ1) is 34.4. The number of hydrogen-bond donors (Lipinski definition) is 2. The molecule has 0 aliphatic carbocycles. The summed E-state index contributed by atoms with van der Waals surface area (Å²) in [6, 6.07) is 11.1. The Bertz CT molecular complexity index is 1710. The van der Waals surface area contributed by atoms with Crippen molar-refractivity contribution >= 4 is 30.7 Å². The molecule has 2 N–H and O–H groups in total. The van der Waals surface area contributed by atoms with E-state index in [9.17, 15) is 18.8 Å². The lowest BCUT2D eigenvalue weighted by Crippen LogP contribution is -2.51. The molecule has 49 heavy (non-hydrogen) atoms. The van der Waals surface area contributed by atoms with E-state index in [1.165, 1.54) is 18.1 Å². The van der Waals surface area contributed by atoms with E-state index in [-0.39, 0.29) is 43.7 Å². The number of amides is 3. The molecule has 260 valence electrons.